The predicted octanol–water partition coefficient (Wildman–Crippen LogP) is 2.54. The Morgan fingerprint density at radius 3 is 2.64 bits per heavy atom. The van der Waals surface area contributed by atoms with E-state index in [1.807, 2.05) is 10.6 Å². The van der Waals surface area contributed by atoms with E-state index < -0.39 is 11.5 Å². The first-order valence-electron chi connectivity index (χ1n) is 13.8. The Labute approximate surface area is 244 Å². The molecule has 1 aliphatic rings. The third-order valence-corrected chi connectivity index (χ3v) is 7.14. The minimum Gasteiger partial charge on any atom is -0.507 e. The van der Waals surface area contributed by atoms with E-state index in [2.05, 4.69) is 55.8 Å². The second kappa shape index (κ2) is 12.1. The molecule has 0 radical (unpaired) electrons. The van der Waals surface area contributed by atoms with Crippen molar-refractivity contribution in [3.05, 3.63) is 88.3 Å². The Morgan fingerprint density at radius 1 is 1.12 bits per heavy atom. The standard InChI is InChI=1S/C32H34N6O4/c1-32(2,42)21-38-28-17-22(19-37-15-13-36(3)14-16-37)7-10-27(28)34-31(38)35-30(41)24-11-12-33-25(18-24)9-8-23-5-4-6-29(40)26(23)20-39/h4-7,10-12,17-18,20,40,42H,13-16,19,21H2,1-3H3,(H,34,35,41). The molecule has 10 nitrogen and oxygen atoms in total. The van der Waals surface area contributed by atoms with Gasteiger partial charge in [0.2, 0.25) is 5.62 Å². The van der Waals surface area contributed by atoms with Gasteiger partial charge in [-0.25, -0.2) is 4.98 Å². The number of aromatic hydroxyl groups is 1. The quantitative estimate of drug-likeness (QED) is 0.242. The van der Waals surface area contributed by atoms with Gasteiger partial charge in [-0.05, 0) is 68.8 Å². The number of benzene rings is 2. The second-order valence-corrected chi connectivity index (χ2v) is 11.2. The van der Waals surface area contributed by atoms with Gasteiger partial charge in [-0.3, -0.25) is 14.5 Å². The van der Waals surface area contributed by atoms with Crippen molar-refractivity contribution in [2.45, 2.75) is 32.5 Å². The molecule has 3 heterocycles. The lowest BCUT2D eigenvalue weighted by atomic mass is 10.1. The van der Waals surface area contributed by atoms with Crippen molar-refractivity contribution in [1.82, 2.24) is 24.3 Å². The number of aldehydes is 1. The van der Waals surface area contributed by atoms with Crippen LogP contribution in [0.25, 0.3) is 11.0 Å². The lowest BCUT2D eigenvalue weighted by Gasteiger charge is -2.32. The van der Waals surface area contributed by atoms with Crippen molar-refractivity contribution in [3.63, 3.8) is 0 Å². The maximum Gasteiger partial charge on any atom is 0.280 e. The van der Waals surface area contributed by atoms with Crippen LogP contribution in [-0.4, -0.2) is 85.6 Å². The molecule has 1 fully saturated rings. The highest BCUT2D eigenvalue weighted by molar-refractivity contribution is 5.95. The summed E-state index contributed by atoms with van der Waals surface area (Å²) in [7, 11) is 2.14. The number of nitrogens with one attached hydrogen (secondary N) is 1. The number of imidazole rings is 1. The fraction of sp³-hybridized carbons (Fsp3) is 0.312. The third kappa shape index (κ3) is 6.83. The van der Waals surface area contributed by atoms with Gasteiger partial charge in [-0.15, -0.1) is 0 Å². The Bertz CT molecular complexity index is 1760. The minimum atomic E-state index is -1.05. The van der Waals surface area contributed by atoms with E-state index in [1.165, 1.54) is 18.3 Å². The molecule has 1 aliphatic heterocycles. The fourth-order valence-corrected chi connectivity index (χ4v) is 4.92. The van der Waals surface area contributed by atoms with Gasteiger partial charge in [0.05, 0.1) is 28.7 Å². The molecule has 0 unspecified atom stereocenters. The number of aromatic amines is 1. The molecular formula is C32H34N6O4. The van der Waals surface area contributed by atoms with Crippen molar-refractivity contribution < 1.29 is 19.8 Å². The summed E-state index contributed by atoms with van der Waals surface area (Å²) in [6, 6.07) is 13.9. The monoisotopic (exact) mass is 566 g/mol. The first-order valence-corrected chi connectivity index (χ1v) is 13.8. The molecule has 1 amide bonds. The maximum atomic E-state index is 13.3. The third-order valence-electron chi connectivity index (χ3n) is 7.14. The smallest absolute Gasteiger partial charge is 0.280 e. The summed E-state index contributed by atoms with van der Waals surface area (Å²) < 4.78 is 1.84. The van der Waals surface area contributed by atoms with Crippen molar-refractivity contribution in [3.8, 4) is 17.6 Å². The molecule has 5 rings (SSSR count). The number of hydrogen-bond donors (Lipinski definition) is 3. The number of phenols is 1. The summed E-state index contributed by atoms with van der Waals surface area (Å²) in [6.45, 7) is 8.56. The number of phenolic OH excluding ortho intramolecular Hbond substituents is 1. The van der Waals surface area contributed by atoms with Gasteiger partial charge < -0.3 is 24.7 Å². The maximum absolute atomic E-state index is 13.3. The normalized spacial score (nSPS) is 15.0. The van der Waals surface area contributed by atoms with Crippen LogP contribution in [0.1, 0.15) is 51.4 Å². The molecule has 10 heteroatoms. The number of carbonyl (C=O) groups excluding carboxylic acids is 2. The summed E-state index contributed by atoms with van der Waals surface area (Å²) >= 11 is 0. The van der Waals surface area contributed by atoms with Gasteiger partial charge in [0, 0.05) is 50.0 Å². The molecule has 0 spiro atoms. The summed E-state index contributed by atoms with van der Waals surface area (Å²) in [5.74, 6) is 5.03. The molecule has 0 bridgehead atoms. The van der Waals surface area contributed by atoms with Gasteiger partial charge >= 0.3 is 0 Å². The van der Waals surface area contributed by atoms with Crippen molar-refractivity contribution in [1.29, 1.82) is 0 Å². The molecule has 0 aliphatic carbocycles. The summed E-state index contributed by atoms with van der Waals surface area (Å²) in [5, 5.41) is 20.6. The van der Waals surface area contributed by atoms with Gasteiger partial charge in [-0.1, -0.05) is 18.1 Å². The highest BCUT2D eigenvalue weighted by Crippen LogP contribution is 2.19. The molecule has 1 saturated heterocycles. The zero-order valence-corrected chi connectivity index (χ0v) is 24.0. The molecule has 3 N–H and O–H groups in total. The molecule has 2 aromatic carbocycles. The number of amides is 1. The summed E-state index contributed by atoms with van der Waals surface area (Å²) in [5.41, 5.74) is 3.13. The van der Waals surface area contributed by atoms with Crippen LogP contribution < -0.4 is 5.62 Å². The number of H-pyrrole nitrogens is 1. The van der Waals surface area contributed by atoms with Crippen LogP contribution in [0.5, 0.6) is 5.75 Å². The van der Waals surface area contributed by atoms with E-state index in [4.69, 9.17) is 0 Å². The second-order valence-electron chi connectivity index (χ2n) is 11.2. The van der Waals surface area contributed by atoms with Crippen molar-refractivity contribution in [2.75, 3.05) is 33.2 Å². The average molecular weight is 567 g/mol. The zero-order valence-electron chi connectivity index (χ0n) is 24.0. The lowest BCUT2D eigenvalue weighted by Crippen LogP contribution is -2.43. The van der Waals surface area contributed by atoms with Crippen LogP contribution in [0.3, 0.4) is 0 Å². The number of aromatic nitrogens is 3. The average Bonchev–Trinajstić information content (AvgIpc) is 3.27. The van der Waals surface area contributed by atoms with Crippen LogP contribution in [0.4, 0.5) is 0 Å². The lowest BCUT2D eigenvalue weighted by molar-refractivity contribution is 0.0612. The Morgan fingerprint density at radius 2 is 1.90 bits per heavy atom. The number of piperazine rings is 1. The number of rotatable bonds is 6. The van der Waals surface area contributed by atoms with Gasteiger partial charge in [-0.2, -0.15) is 4.99 Å². The van der Waals surface area contributed by atoms with E-state index in [-0.39, 0.29) is 23.4 Å². The SMILES string of the molecule is CN1CCN(Cc2ccc3[nH]/c(=N\C(=O)c4ccnc(C#Cc5cccc(O)c5C=O)c4)n(CC(C)(C)O)c3c2)CC1. The van der Waals surface area contributed by atoms with Crippen LogP contribution in [-0.2, 0) is 13.1 Å². The van der Waals surface area contributed by atoms with Crippen LogP contribution in [0.2, 0.25) is 0 Å². The van der Waals surface area contributed by atoms with E-state index in [0.717, 1.165) is 49.3 Å². The van der Waals surface area contributed by atoms with E-state index in [1.54, 1.807) is 32.0 Å². The number of carbonyl (C=O) groups is 2. The molecule has 0 atom stereocenters. The Balaban J connectivity index is 1.47. The molecule has 0 saturated carbocycles. The van der Waals surface area contributed by atoms with E-state index >= 15 is 0 Å². The van der Waals surface area contributed by atoms with Crippen molar-refractivity contribution >= 4 is 23.2 Å². The van der Waals surface area contributed by atoms with Gasteiger partial charge in [0.25, 0.3) is 5.91 Å². The first-order chi connectivity index (χ1) is 20.1. The molecule has 4 aromatic rings. The topological polar surface area (TPSA) is 127 Å². The van der Waals surface area contributed by atoms with Crippen LogP contribution >= 0.6 is 0 Å². The zero-order chi connectivity index (χ0) is 29.9. The number of nitrogens with zero attached hydrogens (tertiary/aromatic N) is 5. The van der Waals surface area contributed by atoms with E-state index in [0.29, 0.717) is 23.2 Å². The Kier molecular flexibility index (Phi) is 8.36. The van der Waals surface area contributed by atoms with Gasteiger partial charge in [0.1, 0.15) is 11.4 Å². The molecule has 216 valence electrons. The number of likely N-dealkylation sites (N-methyl/N-ethyl adjacent to an activating group) is 1. The fourth-order valence-electron chi connectivity index (χ4n) is 4.92. The highest BCUT2D eigenvalue weighted by Gasteiger charge is 2.19. The molecular weight excluding hydrogens is 532 g/mol. The minimum absolute atomic E-state index is 0.0918. The van der Waals surface area contributed by atoms with Crippen LogP contribution in [0, 0.1) is 11.8 Å². The largest absolute Gasteiger partial charge is 0.507 e. The summed E-state index contributed by atoms with van der Waals surface area (Å²) in [4.78, 5) is 41.3. The number of aliphatic hydroxyl groups is 1. The van der Waals surface area contributed by atoms with Crippen molar-refractivity contribution in [2.24, 2.45) is 4.99 Å². The highest BCUT2D eigenvalue weighted by atomic mass is 16.3. The molecule has 42 heavy (non-hydrogen) atoms. The van der Waals surface area contributed by atoms with Gasteiger partial charge in [0.15, 0.2) is 6.29 Å². The number of fused-ring (bicyclic) bond motifs is 1. The predicted molar refractivity (Wildman–Crippen MR) is 159 cm³/mol. The Hall–Kier alpha value is -4.56. The first kappa shape index (κ1) is 29.0. The van der Waals surface area contributed by atoms with E-state index in [9.17, 15) is 19.8 Å². The number of pyridine rings is 1. The summed E-state index contributed by atoms with van der Waals surface area (Å²) in [6.07, 6.45) is 2.01. The number of hydrogen-bond acceptors (Lipinski definition) is 7. The molecule has 2 aromatic heterocycles. The van der Waals surface area contributed by atoms with Crippen LogP contribution in [0.15, 0.2) is 59.7 Å².